The van der Waals surface area contributed by atoms with Crippen LogP contribution in [0.1, 0.15) is 13.8 Å². The van der Waals surface area contributed by atoms with Crippen LogP contribution in [0.3, 0.4) is 0 Å². The molecule has 0 saturated heterocycles. The van der Waals surface area contributed by atoms with E-state index < -0.39 is 0 Å². The van der Waals surface area contributed by atoms with Crippen molar-refractivity contribution in [2.75, 3.05) is 13.2 Å². The van der Waals surface area contributed by atoms with Gasteiger partial charge in [-0.1, -0.05) is 24.3 Å². The topological polar surface area (TPSA) is 18.5 Å². The highest BCUT2D eigenvalue weighted by atomic mass is 33.1. The summed E-state index contributed by atoms with van der Waals surface area (Å²) in [7, 11) is 6.15. The third kappa shape index (κ3) is 7.70. The van der Waals surface area contributed by atoms with Gasteiger partial charge in [-0.15, -0.1) is 0 Å². The molecule has 0 aliphatic rings. The van der Waals surface area contributed by atoms with Crippen LogP contribution in [0.5, 0.6) is 0 Å². The maximum atomic E-state index is 5.27. The lowest BCUT2D eigenvalue weighted by Gasteiger charge is -2.07. The van der Waals surface area contributed by atoms with Crippen molar-refractivity contribution in [3.63, 3.8) is 0 Å². The molecule has 2 aromatic rings. The normalized spacial score (nSPS) is 10.4. The highest BCUT2D eigenvalue weighted by Crippen LogP contribution is 2.35. The first kappa shape index (κ1) is 21.9. The van der Waals surface area contributed by atoms with Crippen LogP contribution in [0.4, 0.5) is 0 Å². The second-order valence-electron chi connectivity index (χ2n) is 4.75. The molecule has 2 aromatic carbocycles. The second kappa shape index (κ2) is 12.2. The van der Waals surface area contributed by atoms with Gasteiger partial charge in [-0.05, 0) is 117 Å². The molecule has 0 saturated carbocycles. The number of hydrogen-bond donors (Lipinski definition) is 0. The Morgan fingerprint density at radius 1 is 0.692 bits per heavy atom. The maximum Gasteiger partial charge on any atom is 0.231 e. The minimum atomic E-state index is 0.566. The molecule has 0 heterocycles. The van der Waals surface area contributed by atoms with Crippen LogP contribution < -0.4 is 0 Å². The van der Waals surface area contributed by atoms with Crippen LogP contribution in [0.2, 0.25) is 0 Å². The van der Waals surface area contributed by atoms with Crippen molar-refractivity contribution < 1.29 is 9.47 Å². The Bertz CT molecular complexity index is 652. The average molecular weight is 459 g/mol. The summed E-state index contributed by atoms with van der Waals surface area (Å²) in [4.78, 5) is 2.29. The Balaban J connectivity index is 1.90. The monoisotopic (exact) mass is 458 g/mol. The molecule has 0 amide bonds. The molecular formula is C18H18O2S6. The number of benzene rings is 2. The molecule has 138 valence electrons. The van der Waals surface area contributed by atoms with Gasteiger partial charge in [0.05, 0.1) is 13.2 Å². The second-order valence-corrected chi connectivity index (χ2v) is 10.4. The molecule has 0 bridgehead atoms. The molecular weight excluding hydrogens is 441 g/mol. The molecule has 0 aromatic heterocycles. The predicted molar refractivity (Wildman–Crippen MR) is 127 cm³/mol. The molecule has 0 aliphatic heterocycles. The van der Waals surface area contributed by atoms with Crippen molar-refractivity contribution in [1.29, 1.82) is 0 Å². The lowest BCUT2D eigenvalue weighted by atomic mass is 10.1. The third-order valence-corrected chi connectivity index (χ3v) is 8.51. The van der Waals surface area contributed by atoms with Crippen LogP contribution >= 0.6 is 67.6 Å². The first-order chi connectivity index (χ1) is 12.6. The van der Waals surface area contributed by atoms with Gasteiger partial charge in [-0.3, -0.25) is 0 Å². The predicted octanol–water partition coefficient (Wildman–Crippen LogP) is 7.48. The van der Waals surface area contributed by atoms with E-state index >= 15 is 0 Å². The Hall–Kier alpha value is -0.380. The summed E-state index contributed by atoms with van der Waals surface area (Å²) in [5.74, 6) is 0. The number of thiocarbonyl (C=S) groups is 2. The smallest absolute Gasteiger partial charge is 0.231 e. The molecule has 0 fully saturated rings. The third-order valence-electron chi connectivity index (χ3n) is 2.98. The SMILES string of the molecule is CCOC(=S)SSc1ccc(-c2ccc(SSC(=S)OCC)cc2)cc1. The van der Waals surface area contributed by atoms with Gasteiger partial charge < -0.3 is 9.47 Å². The molecule has 0 unspecified atom stereocenters. The maximum absolute atomic E-state index is 5.27. The lowest BCUT2D eigenvalue weighted by molar-refractivity contribution is 0.346. The largest absolute Gasteiger partial charge is 0.478 e. The summed E-state index contributed by atoms with van der Waals surface area (Å²) in [6, 6.07) is 16.9. The zero-order valence-corrected chi connectivity index (χ0v) is 19.2. The lowest BCUT2D eigenvalue weighted by Crippen LogP contribution is -1.93. The standard InChI is InChI=1S/C18H18O2S6/c1-3-19-17(21)25-23-15-9-5-13(6-10-15)14-7-11-16(12-8-14)24-26-18(22)20-4-2/h5-12H,3-4H2,1-2H3. The summed E-state index contributed by atoms with van der Waals surface area (Å²) >= 11 is 10.2. The summed E-state index contributed by atoms with van der Waals surface area (Å²) in [5.41, 5.74) is 2.36. The molecule has 0 radical (unpaired) electrons. The van der Waals surface area contributed by atoms with E-state index in [1.54, 1.807) is 21.6 Å². The molecule has 0 spiro atoms. The zero-order chi connectivity index (χ0) is 18.8. The van der Waals surface area contributed by atoms with Gasteiger partial charge in [0.15, 0.2) is 0 Å². The summed E-state index contributed by atoms with van der Waals surface area (Å²) in [6.45, 7) is 5.08. The highest BCUT2D eigenvalue weighted by Gasteiger charge is 2.04. The van der Waals surface area contributed by atoms with Gasteiger partial charge in [0.25, 0.3) is 0 Å². The zero-order valence-electron chi connectivity index (χ0n) is 14.3. The van der Waals surface area contributed by atoms with Gasteiger partial charge in [0.1, 0.15) is 0 Å². The fourth-order valence-electron chi connectivity index (χ4n) is 1.85. The van der Waals surface area contributed by atoms with Crippen LogP contribution in [0.15, 0.2) is 58.3 Å². The Kier molecular flexibility index (Phi) is 10.2. The minimum absolute atomic E-state index is 0.566. The highest BCUT2D eigenvalue weighted by molar-refractivity contribution is 8.83. The molecule has 0 N–H and O–H groups in total. The summed E-state index contributed by atoms with van der Waals surface area (Å²) in [6.07, 6.45) is 0. The van der Waals surface area contributed by atoms with Crippen molar-refractivity contribution >= 4 is 76.4 Å². The van der Waals surface area contributed by atoms with E-state index in [0.29, 0.717) is 22.0 Å². The fourth-order valence-corrected chi connectivity index (χ4v) is 5.80. The first-order valence-electron chi connectivity index (χ1n) is 7.85. The number of rotatable bonds is 7. The van der Waals surface area contributed by atoms with E-state index in [1.165, 1.54) is 32.7 Å². The van der Waals surface area contributed by atoms with Crippen molar-refractivity contribution in [1.82, 2.24) is 0 Å². The number of ether oxygens (including phenoxy) is 2. The van der Waals surface area contributed by atoms with Crippen LogP contribution in [-0.2, 0) is 9.47 Å². The van der Waals surface area contributed by atoms with E-state index in [0.717, 1.165) is 9.79 Å². The van der Waals surface area contributed by atoms with Crippen molar-refractivity contribution in [3.05, 3.63) is 48.5 Å². The van der Waals surface area contributed by atoms with Gasteiger partial charge in [0.2, 0.25) is 8.77 Å². The molecule has 0 aliphatic carbocycles. The fraction of sp³-hybridized carbons (Fsp3) is 0.222. The summed E-state index contributed by atoms with van der Waals surface area (Å²) < 4.78 is 11.7. The van der Waals surface area contributed by atoms with E-state index in [1.807, 2.05) is 13.8 Å². The Morgan fingerprint density at radius 3 is 1.35 bits per heavy atom. The van der Waals surface area contributed by atoms with Crippen molar-refractivity contribution in [2.24, 2.45) is 0 Å². The van der Waals surface area contributed by atoms with Crippen molar-refractivity contribution in [3.8, 4) is 11.1 Å². The van der Waals surface area contributed by atoms with Crippen LogP contribution in [-0.4, -0.2) is 22.0 Å². The first-order valence-corrected chi connectivity index (χ1v) is 13.0. The van der Waals surface area contributed by atoms with E-state index in [4.69, 9.17) is 33.9 Å². The van der Waals surface area contributed by atoms with Crippen LogP contribution in [0, 0.1) is 0 Å². The van der Waals surface area contributed by atoms with Gasteiger partial charge in [-0.25, -0.2) is 0 Å². The Morgan fingerprint density at radius 2 is 1.04 bits per heavy atom. The molecule has 2 rings (SSSR count). The molecule has 8 heteroatoms. The van der Waals surface area contributed by atoms with E-state index in [-0.39, 0.29) is 0 Å². The molecule has 0 atom stereocenters. The van der Waals surface area contributed by atoms with Gasteiger partial charge >= 0.3 is 0 Å². The van der Waals surface area contributed by atoms with Gasteiger partial charge in [-0.2, -0.15) is 0 Å². The average Bonchev–Trinajstić information content (AvgIpc) is 2.66. The summed E-state index contributed by atoms with van der Waals surface area (Å²) in [5, 5.41) is 0. The molecule has 26 heavy (non-hydrogen) atoms. The van der Waals surface area contributed by atoms with Crippen molar-refractivity contribution in [2.45, 2.75) is 23.6 Å². The van der Waals surface area contributed by atoms with Crippen LogP contribution in [0.25, 0.3) is 11.1 Å². The minimum Gasteiger partial charge on any atom is -0.478 e. The Labute approximate surface area is 181 Å². The van der Waals surface area contributed by atoms with E-state index in [2.05, 4.69) is 48.5 Å². The number of hydrogen-bond acceptors (Lipinski definition) is 8. The quantitative estimate of drug-likeness (QED) is 0.310. The van der Waals surface area contributed by atoms with E-state index in [9.17, 15) is 0 Å². The molecule has 2 nitrogen and oxygen atoms in total. The van der Waals surface area contributed by atoms with Gasteiger partial charge in [0, 0.05) is 9.79 Å².